The lowest BCUT2D eigenvalue weighted by Crippen LogP contribution is -2.18. The van der Waals surface area contributed by atoms with Gasteiger partial charge in [-0.2, -0.15) is 8.42 Å². The maximum atomic E-state index is 11.9. The van der Waals surface area contributed by atoms with Gasteiger partial charge in [0, 0.05) is 4.47 Å². The van der Waals surface area contributed by atoms with Crippen LogP contribution >= 0.6 is 28.3 Å². The Kier molecular flexibility index (Phi) is 5.26. The van der Waals surface area contributed by atoms with Gasteiger partial charge < -0.3 is 4.74 Å². The molecule has 0 radical (unpaired) electrons. The molecule has 0 atom stereocenters. The molecule has 10 heteroatoms. The number of halogens is 5. The quantitative estimate of drug-likeness (QED) is 0.827. The molecule has 0 amide bonds. The van der Waals surface area contributed by atoms with Crippen molar-refractivity contribution in [2.75, 3.05) is 0 Å². The molecule has 98 valence electrons. The van der Waals surface area contributed by atoms with Crippen LogP contribution in [0.25, 0.3) is 0 Å². The van der Waals surface area contributed by atoms with Crippen LogP contribution in [0.4, 0.5) is 13.2 Å². The average molecular weight is 358 g/mol. The van der Waals surface area contributed by atoms with Crippen LogP contribution in [0.15, 0.2) is 27.6 Å². The summed E-state index contributed by atoms with van der Waals surface area (Å²) >= 11 is 2.86. The van der Waals surface area contributed by atoms with E-state index in [0.717, 1.165) is 18.2 Å². The summed E-state index contributed by atoms with van der Waals surface area (Å²) in [6.07, 6.45) is -5.03. The Balaban J connectivity index is 0.00000256. The van der Waals surface area contributed by atoms with Gasteiger partial charge in [-0.15, -0.1) is 25.6 Å². The van der Waals surface area contributed by atoms with Crippen LogP contribution in [0.1, 0.15) is 0 Å². The zero-order valence-electron chi connectivity index (χ0n) is 7.73. The van der Waals surface area contributed by atoms with Gasteiger partial charge in [0.2, 0.25) is 0 Å². The molecule has 1 N–H and O–H groups in total. The SMILES string of the molecule is Cl.O=S(=O)(O)c1cc(Br)ccc1OC(F)(F)F. The molecule has 4 nitrogen and oxygen atoms in total. The normalized spacial score (nSPS) is 11.8. The second-order valence-electron chi connectivity index (χ2n) is 2.61. The van der Waals surface area contributed by atoms with E-state index in [9.17, 15) is 21.6 Å². The van der Waals surface area contributed by atoms with Crippen LogP contribution in [0.3, 0.4) is 0 Å². The van der Waals surface area contributed by atoms with E-state index in [-0.39, 0.29) is 16.9 Å². The van der Waals surface area contributed by atoms with Gasteiger partial charge in [-0.3, -0.25) is 4.55 Å². The van der Waals surface area contributed by atoms with Crippen LogP contribution in [0.2, 0.25) is 0 Å². The topological polar surface area (TPSA) is 63.6 Å². The number of hydrogen-bond donors (Lipinski definition) is 1. The maximum Gasteiger partial charge on any atom is 0.573 e. The van der Waals surface area contributed by atoms with Crippen molar-refractivity contribution in [1.82, 2.24) is 0 Å². The molecule has 17 heavy (non-hydrogen) atoms. The summed E-state index contributed by atoms with van der Waals surface area (Å²) in [5.74, 6) is -0.988. The van der Waals surface area contributed by atoms with Crippen molar-refractivity contribution in [2.24, 2.45) is 0 Å². The molecule has 0 aromatic heterocycles. The second-order valence-corrected chi connectivity index (χ2v) is 4.92. The standard InChI is InChI=1S/C7H4BrF3O4S.ClH/c8-4-1-2-5(15-7(9,10)11)6(3-4)16(12,13)14;/h1-3H,(H,12,13,14);1H. The molecule has 0 aliphatic heterocycles. The predicted octanol–water partition coefficient (Wildman–Crippen LogP) is 3.02. The largest absolute Gasteiger partial charge is 0.573 e. The van der Waals surface area contributed by atoms with Gasteiger partial charge in [-0.25, -0.2) is 0 Å². The predicted molar refractivity (Wildman–Crippen MR) is 57.9 cm³/mol. The van der Waals surface area contributed by atoms with E-state index >= 15 is 0 Å². The molecule has 0 aliphatic rings. The van der Waals surface area contributed by atoms with Crippen molar-refractivity contribution in [1.29, 1.82) is 0 Å². The Morgan fingerprint density at radius 1 is 1.29 bits per heavy atom. The zero-order valence-corrected chi connectivity index (χ0v) is 11.0. The number of hydrogen-bond acceptors (Lipinski definition) is 3. The Morgan fingerprint density at radius 3 is 2.24 bits per heavy atom. The molecule has 0 spiro atoms. The number of rotatable bonds is 2. The molecular weight excluding hydrogens is 352 g/mol. The van der Waals surface area contributed by atoms with E-state index in [1.54, 1.807) is 0 Å². The van der Waals surface area contributed by atoms with Gasteiger partial charge in [0.05, 0.1) is 0 Å². The Hall–Kier alpha value is -0.510. The molecule has 0 saturated heterocycles. The summed E-state index contributed by atoms with van der Waals surface area (Å²) < 4.78 is 69.6. The maximum absolute atomic E-state index is 11.9. The first-order valence-corrected chi connectivity index (χ1v) is 5.86. The van der Waals surface area contributed by atoms with E-state index < -0.39 is 27.1 Å². The van der Waals surface area contributed by atoms with Gasteiger partial charge >= 0.3 is 6.36 Å². The minimum atomic E-state index is -5.03. The lowest BCUT2D eigenvalue weighted by Gasteiger charge is -2.11. The second kappa shape index (κ2) is 5.42. The van der Waals surface area contributed by atoms with Crippen molar-refractivity contribution < 1.29 is 30.9 Å². The molecule has 1 aromatic rings. The molecule has 0 saturated carbocycles. The van der Waals surface area contributed by atoms with Gasteiger partial charge in [0.15, 0.2) is 5.75 Å². The molecule has 0 unspecified atom stereocenters. The summed E-state index contributed by atoms with van der Waals surface area (Å²) in [5.41, 5.74) is 0. The van der Waals surface area contributed by atoms with Crippen LogP contribution < -0.4 is 4.74 Å². The number of alkyl halides is 3. The fourth-order valence-corrected chi connectivity index (χ4v) is 2.04. The summed E-state index contributed by atoms with van der Waals surface area (Å²) in [6, 6.07) is 2.73. The lowest BCUT2D eigenvalue weighted by atomic mass is 10.3. The third-order valence-electron chi connectivity index (χ3n) is 1.41. The molecule has 0 aliphatic carbocycles. The smallest absolute Gasteiger partial charge is 0.404 e. The van der Waals surface area contributed by atoms with Gasteiger partial charge in [0.1, 0.15) is 4.90 Å². The van der Waals surface area contributed by atoms with Gasteiger partial charge in [-0.05, 0) is 18.2 Å². The molecule has 0 heterocycles. The number of benzene rings is 1. The van der Waals surface area contributed by atoms with Crippen molar-refractivity contribution in [3.05, 3.63) is 22.7 Å². The van der Waals surface area contributed by atoms with Crippen LogP contribution in [-0.4, -0.2) is 19.3 Å². The van der Waals surface area contributed by atoms with Gasteiger partial charge in [0.25, 0.3) is 10.1 Å². The minimum absolute atomic E-state index is 0. The van der Waals surface area contributed by atoms with Crippen molar-refractivity contribution in [3.8, 4) is 5.75 Å². The van der Waals surface area contributed by atoms with Crippen molar-refractivity contribution in [3.63, 3.8) is 0 Å². The summed E-state index contributed by atoms with van der Waals surface area (Å²) in [4.78, 5) is -0.959. The molecule has 1 rings (SSSR count). The Labute approximate surface area is 109 Å². The van der Waals surface area contributed by atoms with Crippen molar-refractivity contribution >= 4 is 38.5 Å². The molecular formula is C7H5BrClF3O4S. The number of ether oxygens (including phenoxy) is 1. The minimum Gasteiger partial charge on any atom is -0.404 e. The van der Waals surface area contributed by atoms with Crippen LogP contribution in [-0.2, 0) is 10.1 Å². The van der Waals surface area contributed by atoms with Crippen LogP contribution in [0, 0.1) is 0 Å². The molecule has 1 aromatic carbocycles. The first-order chi connectivity index (χ1) is 7.09. The average Bonchev–Trinajstić information content (AvgIpc) is 2.04. The summed E-state index contributed by atoms with van der Waals surface area (Å²) in [5, 5.41) is 0. The fraction of sp³-hybridized carbons (Fsp3) is 0.143. The highest BCUT2D eigenvalue weighted by atomic mass is 79.9. The Bertz CT molecular complexity index is 502. The van der Waals surface area contributed by atoms with E-state index in [2.05, 4.69) is 20.7 Å². The lowest BCUT2D eigenvalue weighted by molar-refractivity contribution is -0.275. The third kappa shape index (κ3) is 5.11. The fourth-order valence-electron chi connectivity index (χ4n) is 0.892. The van der Waals surface area contributed by atoms with Gasteiger partial charge in [-0.1, -0.05) is 15.9 Å². The van der Waals surface area contributed by atoms with Crippen LogP contribution in [0.5, 0.6) is 5.75 Å². The summed E-state index contributed by atoms with van der Waals surface area (Å²) in [6.45, 7) is 0. The van der Waals surface area contributed by atoms with E-state index in [4.69, 9.17) is 4.55 Å². The van der Waals surface area contributed by atoms with E-state index in [0.29, 0.717) is 0 Å². The first-order valence-electron chi connectivity index (χ1n) is 3.62. The monoisotopic (exact) mass is 356 g/mol. The highest BCUT2D eigenvalue weighted by Crippen LogP contribution is 2.31. The van der Waals surface area contributed by atoms with E-state index in [1.165, 1.54) is 0 Å². The third-order valence-corrected chi connectivity index (χ3v) is 2.78. The van der Waals surface area contributed by atoms with E-state index in [1.807, 2.05) is 0 Å². The van der Waals surface area contributed by atoms with Crippen molar-refractivity contribution in [2.45, 2.75) is 11.3 Å². The molecule has 0 fully saturated rings. The Morgan fingerprint density at radius 2 is 1.82 bits per heavy atom. The first kappa shape index (κ1) is 16.5. The molecule has 0 bridgehead atoms. The highest BCUT2D eigenvalue weighted by Gasteiger charge is 2.33. The zero-order chi connectivity index (χ0) is 12.6. The highest BCUT2D eigenvalue weighted by molar-refractivity contribution is 9.10. The summed E-state index contributed by atoms with van der Waals surface area (Å²) in [7, 11) is -4.78.